The first-order valence-electron chi connectivity index (χ1n) is 7.79. The van der Waals surface area contributed by atoms with Crippen LogP contribution in [0.1, 0.15) is 25.3 Å². The second kappa shape index (κ2) is 5.92. The van der Waals surface area contributed by atoms with Gasteiger partial charge in [-0.3, -0.25) is 0 Å². The molecule has 0 amide bonds. The van der Waals surface area contributed by atoms with Gasteiger partial charge in [0.15, 0.2) is 0 Å². The predicted octanol–water partition coefficient (Wildman–Crippen LogP) is 1.69. The second-order valence-electron chi connectivity index (χ2n) is 6.76. The van der Waals surface area contributed by atoms with Crippen LogP contribution in [0, 0.1) is 5.41 Å². The highest BCUT2D eigenvalue weighted by atomic mass is 32.2. The molecule has 22 heavy (non-hydrogen) atoms. The first-order chi connectivity index (χ1) is 10.4. The van der Waals surface area contributed by atoms with Crippen LogP contribution in [-0.2, 0) is 14.9 Å². The average molecular weight is 324 g/mol. The van der Waals surface area contributed by atoms with Crippen molar-refractivity contribution in [1.82, 2.24) is 8.61 Å². The molecule has 5 nitrogen and oxygen atoms in total. The molecule has 1 atom stereocenters. The minimum absolute atomic E-state index is 0.0687. The van der Waals surface area contributed by atoms with Gasteiger partial charge >= 0.3 is 0 Å². The van der Waals surface area contributed by atoms with Crippen molar-refractivity contribution in [3.8, 4) is 0 Å². The molecule has 0 radical (unpaired) electrons. The molecule has 2 aliphatic rings. The van der Waals surface area contributed by atoms with Crippen LogP contribution in [0.4, 0.5) is 0 Å². The monoisotopic (exact) mass is 324 g/mol. The van der Waals surface area contributed by atoms with Crippen LogP contribution < -0.4 is 0 Å². The number of morpholine rings is 1. The van der Waals surface area contributed by atoms with E-state index in [2.05, 4.69) is 26.0 Å². The summed E-state index contributed by atoms with van der Waals surface area (Å²) in [5.74, 6) is 0.226. The highest BCUT2D eigenvalue weighted by Crippen LogP contribution is 2.43. The SMILES string of the molecule is CC1(C)CN(S(=O)(=O)N2CCOCC2)CC1c1ccccc1. The van der Waals surface area contributed by atoms with E-state index < -0.39 is 10.2 Å². The number of ether oxygens (including phenoxy) is 1. The van der Waals surface area contributed by atoms with Crippen molar-refractivity contribution < 1.29 is 13.2 Å². The van der Waals surface area contributed by atoms with Gasteiger partial charge in [-0.1, -0.05) is 44.2 Å². The van der Waals surface area contributed by atoms with E-state index in [0.717, 1.165) is 0 Å². The Morgan fingerprint density at radius 3 is 2.36 bits per heavy atom. The van der Waals surface area contributed by atoms with Crippen LogP contribution in [0.5, 0.6) is 0 Å². The summed E-state index contributed by atoms with van der Waals surface area (Å²) in [6.07, 6.45) is 0. The molecular weight excluding hydrogens is 300 g/mol. The molecule has 2 aliphatic heterocycles. The molecule has 1 unspecified atom stereocenters. The summed E-state index contributed by atoms with van der Waals surface area (Å²) in [4.78, 5) is 0. The smallest absolute Gasteiger partial charge is 0.282 e. The van der Waals surface area contributed by atoms with Crippen molar-refractivity contribution in [2.75, 3.05) is 39.4 Å². The topological polar surface area (TPSA) is 49.9 Å². The second-order valence-corrected chi connectivity index (χ2v) is 8.69. The van der Waals surface area contributed by atoms with Crippen LogP contribution in [0.15, 0.2) is 30.3 Å². The Hall–Kier alpha value is -0.950. The van der Waals surface area contributed by atoms with E-state index in [1.165, 1.54) is 5.56 Å². The first-order valence-corrected chi connectivity index (χ1v) is 9.19. The molecule has 0 bridgehead atoms. The zero-order valence-electron chi connectivity index (χ0n) is 13.2. The molecule has 1 aromatic rings. The maximum Gasteiger partial charge on any atom is 0.282 e. The third-order valence-corrected chi connectivity index (χ3v) is 6.69. The van der Waals surface area contributed by atoms with E-state index in [1.54, 1.807) is 8.61 Å². The summed E-state index contributed by atoms with van der Waals surface area (Å²) < 4.78 is 34.2. The molecule has 3 rings (SSSR count). The molecule has 122 valence electrons. The van der Waals surface area contributed by atoms with Gasteiger partial charge in [0, 0.05) is 32.1 Å². The van der Waals surface area contributed by atoms with Crippen LogP contribution in [-0.4, -0.2) is 56.4 Å². The fourth-order valence-electron chi connectivity index (χ4n) is 3.44. The quantitative estimate of drug-likeness (QED) is 0.850. The van der Waals surface area contributed by atoms with Gasteiger partial charge in [-0.2, -0.15) is 17.0 Å². The molecular formula is C16H24N2O3S. The van der Waals surface area contributed by atoms with Crippen LogP contribution in [0.25, 0.3) is 0 Å². The highest BCUT2D eigenvalue weighted by molar-refractivity contribution is 7.86. The van der Waals surface area contributed by atoms with Crippen molar-refractivity contribution in [3.63, 3.8) is 0 Å². The highest BCUT2D eigenvalue weighted by Gasteiger charge is 2.46. The summed E-state index contributed by atoms with van der Waals surface area (Å²) in [7, 11) is -3.39. The van der Waals surface area contributed by atoms with Gasteiger partial charge in [-0.25, -0.2) is 0 Å². The lowest BCUT2D eigenvalue weighted by atomic mass is 9.78. The minimum atomic E-state index is -3.39. The van der Waals surface area contributed by atoms with Crippen LogP contribution in [0.3, 0.4) is 0 Å². The van der Waals surface area contributed by atoms with E-state index in [9.17, 15) is 8.42 Å². The zero-order valence-corrected chi connectivity index (χ0v) is 14.1. The summed E-state index contributed by atoms with van der Waals surface area (Å²) in [5, 5.41) is 0. The Morgan fingerprint density at radius 1 is 1.09 bits per heavy atom. The van der Waals surface area contributed by atoms with Gasteiger partial charge in [-0.05, 0) is 11.0 Å². The lowest BCUT2D eigenvalue weighted by Crippen LogP contribution is -2.48. The van der Waals surface area contributed by atoms with Gasteiger partial charge in [0.25, 0.3) is 10.2 Å². The summed E-state index contributed by atoms with van der Waals surface area (Å²) in [6, 6.07) is 10.2. The van der Waals surface area contributed by atoms with E-state index in [-0.39, 0.29) is 11.3 Å². The summed E-state index contributed by atoms with van der Waals surface area (Å²) in [6.45, 7) is 7.30. The molecule has 6 heteroatoms. The third kappa shape index (κ3) is 2.93. The minimum Gasteiger partial charge on any atom is -0.379 e. The van der Waals surface area contributed by atoms with E-state index in [4.69, 9.17) is 4.74 Å². The molecule has 2 heterocycles. The summed E-state index contributed by atoms with van der Waals surface area (Å²) in [5.41, 5.74) is 1.15. The van der Waals surface area contributed by atoms with Gasteiger partial charge in [0.2, 0.25) is 0 Å². The lowest BCUT2D eigenvalue weighted by Gasteiger charge is -2.30. The molecule has 2 fully saturated rings. The van der Waals surface area contributed by atoms with E-state index in [1.807, 2.05) is 18.2 Å². The maximum absolute atomic E-state index is 12.8. The predicted molar refractivity (Wildman–Crippen MR) is 85.8 cm³/mol. The van der Waals surface area contributed by atoms with Crippen molar-refractivity contribution in [2.24, 2.45) is 5.41 Å². The Balaban J connectivity index is 1.82. The normalized spacial score (nSPS) is 27.1. The summed E-state index contributed by atoms with van der Waals surface area (Å²) >= 11 is 0. The number of rotatable bonds is 3. The van der Waals surface area contributed by atoms with E-state index in [0.29, 0.717) is 39.4 Å². The third-order valence-electron chi connectivity index (χ3n) is 4.74. The largest absolute Gasteiger partial charge is 0.379 e. The molecule has 2 saturated heterocycles. The van der Waals surface area contributed by atoms with Crippen molar-refractivity contribution in [3.05, 3.63) is 35.9 Å². The van der Waals surface area contributed by atoms with E-state index >= 15 is 0 Å². The van der Waals surface area contributed by atoms with Gasteiger partial charge in [0.05, 0.1) is 13.2 Å². The number of nitrogens with zero attached hydrogens (tertiary/aromatic N) is 2. The maximum atomic E-state index is 12.8. The molecule has 0 aliphatic carbocycles. The fourth-order valence-corrected chi connectivity index (χ4v) is 5.21. The average Bonchev–Trinajstić information content (AvgIpc) is 2.85. The van der Waals surface area contributed by atoms with Gasteiger partial charge < -0.3 is 4.74 Å². The molecule has 0 spiro atoms. The zero-order chi connectivity index (χ0) is 15.8. The Kier molecular flexibility index (Phi) is 4.29. The fraction of sp³-hybridized carbons (Fsp3) is 0.625. The van der Waals surface area contributed by atoms with Crippen molar-refractivity contribution in [2.45, 2.75) is 19.8 Å². The van der Waals surface area contributed by atoms with Crippen molar-refractivity contribution in [1.29, 1.82) is 0 Å². The Morgan fingerprint density at radius 2 is 1.73 bits per heavy atom. The molecule has 0 N–H and O–H groups in total. The van der Waals surface area contributed by atoms with Crippen molar-refractivity contribution >= 4 is 10.2 Å². The number of hydrogen-bond donors (Lipinski definition) is 0. The van der Waals surface area contributed by atoms with Crippen LogP contribution >= 0.6 is 0 Å². The Bertz CT molecular complexity index is 610. The van der Waals surface area contributed by atoms with Gasteiger partial charge in [-0.15, -0.1) is 0 Å². The lowest BCUT2D eigenvalue weighted by molar-refractivity contribution is 0.0704. The molecule has 1 aromatic carbocycles. The number of benzene rings is 1. The van der Waals surface area contributed by atoms with Gasteiger partial charge in [0.1, 0.15) is 0 Å². The molecule has 0 saturated carbocycles. The standard InChI is InChI=1S/C16H24N2O3S/c1-16(2)13-18(12-15(16)14-6-4-3-5-7-14)22(19,20)17-8-10-21-11-9-17/h3-7,15H,8-13H2,1-2H3. The van der Waals surface area contributed by atoms with Crippen LogP contribution in [0.2, 0.25) is 0 Å². The first kappa shape index (κ1) is 15.9. The molecule has 0 aromatic heterocycles. The Labute approximate surface area is 133 Å². The number of hydrogen-bond acceptors (Lipinski definition) is 3.